The monoisotopic (exact) mass is 276 g/mol. The lowest BCUT2D eigenvalue weighted by Crippen LogP contribution is -2.12. The highest BCUT2D eigenvalue weighted by molar-refractivity contribution is 8.00. The Labute approximate surface area is 114 Å². The molecule has 19 heavy (non-hydrogen) atoms. The average molecular weight is 276 g/mol. The predicted molar refractivity (Wildman–Crippen MR) is 72.7 cm³/mol. The normalized spacial score (nSPS) is 11.8. The molecule has 2 heterocycles. The van der Waals surface area contributed by atoms with Crippen LogP contribution in [0.4, 0.5) is 5.95 Å². The van der Waals surface area contributed by atoms with E-state index in [2.05, 4.69) is 20.3 Å². The largest absolute Gasteiger partial charge is 0.481 e. The van der Waals surface area contributed by atoms with Crippen LogP contribution >= 0.6 is 11.8 Å². The Kier molecular flexibility index (Phi) is 4.68. The van der Waals surface area contributed by atoms with Crippen LogP contribution < -0.4 is 5.32 Å². The van der Waals surface area contributed by atoms with Crippen LogP contribution in [0.15, 0.2) is 43.0 Å². The molecule has 0 saturated carbocycles. The Hall–Kier alpha value is -2.15. The van der Waals surface area contributed by atoms with E-state index in [9.17, 15) is 4.79 Å². The lowest BCUT2D eigenvalue weighted by Gasteiger charge is -2.17. The predicted octanol–water partition coefficient (Wildman–Crippen LogP) is 1.80. The van der Waals surface area contributed by atoms with E-state index < -0.39 is 5.97 Å². The average Bonchev–Trinajstić information content (AvgIpc) is 2.45. The first-order valence-corrected chi connectivity index (χ1v) is 6.57. The highest BCUT2D eigenvalue weighted by Crippen LogP contribution is 2.28. The molecule has 0 amide bonds. The zero-order valence-corrected chi connectivity index (χ0v) is 10.7. The Bertz CT molecular complexity index is 524. The summed E-state index contributed by atoms with van der Waals surface area (Å²) < 4.78 is 0. The first kappa shape index (κ1) is 13.3. The van der Waals surface area contributed by atoms with Crippen molar-refractivity contribution in [3.8, 4) is 0 Å². The smallest absolute Gasteiger partial charge is 0.313 e. The third-order valence-corrected chi connectivity index (χ3v) is 3.32. The van der Waals surface area contributed by atoms with E-state index in [4.69, 9.17) is 5.11 Å². The molecule has 0 saturated heterocycles. The van der Waals surface area contributed by atoms with Crippen molar-refractivity contribution >= 4 is 23.7 Å². The number of nitrogens with one attached hydrogen (secondary N) is 1. The van der Waals surface area contributed by atoms with Crippen molar-refractivity contribution in [3.63, 3.8) is 0 Å². The van der Waals surface area contributed by atoms with Gasteiger partial charge >= 0.3 is 5.97 Å². The van der Waals surface area contributed by atoms with Crippen LogP contribution in [0.25, 0.3) is 0 Å². The van der Waals surface area contributed by atoms with Gasteiger partial charge in [0.25, 0.3) is 0 Å². The lowest BCUT2D eigenvalue weighted by atomic mass is 10.3. The number of pyridine rings is 1. The van der Waals surface area contributed by atoms with Crippen molar-refractivity contribution < 1.29 is 9.90 Å². The summed E-state index contributed by atoms with van der Waals surface area (Å²) in [5.41, 5.74) is 0.876. The van der Waals surface area contributed by atoms with Gasteiger partial charge in [0.1, 0.15) is 5.37 Å². The summed E-state index contributed by atoms with van der Waals surface area (Å²) in [7, 11) is 0. The molecule has 2 rings (SSSR count). The topological polar surface area (TPSA) is 88.0 Å². The number of nitrogens with zero attached hydrogens (tertiary/aromatic N) is 3. The molecule has 0 aromatic carbocycles. The summed E-state index contributed by atoms with van der Waals surface area (Å²) in [6.07, 6.45) is 6.60. The minimum absolute atomic E-state index is 0.0145. The number of hydrogen-bond acceptors (Lipinski definition) is 6. The molecule has 7 heteroatoms. The minimum Gasteiger partial charge on any atom is -0.481 e. The van der Waals surface area contributed by atoms with Crippen molar-refractivity contribution in [2.45, 2.75) is 5.37 Å². The summed E-state index contributed by atoms with van der Waals surface area (Å²) in [5.74, 6) is -0.428. The maximum absolute atomic E-state index is 10.7. The Morgan fingerprint density at radius 2 is 2.11 bits per heavy atom. The van der Waals surface area contributed by atoms with E-state index in [1.807, 2.05) is 6.07 Å². The number of aliphatic carboxylic acids is 1. The highest BCUT2D eigenvalue weighted by atomic mass is 32.2. The van der Waals surface area contributed by atoms with E-state index in [1.165, 1.54) is 11.8 Å². The maximum atomic E-state index is 10.7. The number of carboxylic acid groups (broad SMARTS) is 1. The summed E-state index contributed by atoms with van der Waals surface area (Å²) in [6.45, 7) is 0. The zero-order valence-electron chi connectivity index (χ0n) is 9.93. The molecule has 2 aromatic heterocycles. The third-order valence-electron chi connectivity index (χ3n) is 2.19. The molecule has 0 spiro atoms. The molecule has 0 bridgehead atoms. The van der Waals surface area contributed by atoms with Crippen LogP contribution in [0.5, 0.6) is 0 Å². The van der Waals surface area contributed by atoms with E-state index in [-0.39, 0.29) is 11.1 Å². The molecule has 0 fully saturated rings. The lowest BCUT2D eigenvalue weighted by molar-refractivity contribution is -0.133. The van der Waals surface area contributed by atoms with Gasteiger partial charge in [0.2, 0.25) is 5.95 Å². The van der Waals surface area contributed by atoms with Crippen LogP contribution in [0.2, 0.25) is 0 Å². The van der Waals surface area contributed by atoms with Gasteiger partial charge in [0, 0.05) is 30.4 Å². The Morgan fingerprint density at radius 3 is 2.74 bits per heavy atom. The van der Waals surface area contributed by atoms with Gasteiger partial charge in [-0.3, -0.25) is 9.78 Å². The number of rotatable bonds is 6. The SMILES string of the molecule is O=C(O)CSC(Nc1ncccn1)c1cccnc1. The molecule has 98 valence electrons. The van der Waals surface area contributed by atoms with Gasteiger partial charge < -0.3 is 10.4 Å². The molecule has 1 atom stereocenters. The molecule has 0 aliphatic carbocycles. The Morgan fingerprint density at radius 1 is 1.32 bits per heavy atom. The summed E-state index contributed by atoms with van der Waals surface area (Å²) >= 11 is 1.25. The van der Waals surface area contributed by atoms with Crippen LogP contribution in [0.1, 0.15) is 10.9 Å². The highest BCUT2D eigenvalue weighted by Gasteiger charge is 2.14. The van der Waals surface area contributed by atoms with Crippen molar-refractivity contribution in [2.24, 2.45) is 0 Å². The van der Waals surface area contributed by atoms with E-state index in [0.717, 1.165) is 5.56 Å². The number of carboxylic acids is 1. The molecule has 0 radical (unpaired) electrons. The molecule has 0 aliphatic heterocycles. The van der Waals surface area contributed by atoms with Gasteiger partial charge in [-0.15, -0.1) is 11.8 Å². The van der Waals surface area contributed by atoms with Crippen LogP contribution in [-0.4, -0.2) is 31.8 Å². The summed E-state index contributed by atoms with van der Waals surface area (Å²) in [6, 6.07) is 5.40. The van der Waals surface area contributed by atoms with Gasteiger partial charge in [-0.25, -0.2) is 9.97 Å². The van der Waals surface area contributed by atoms with Gasteiger partial charge in [0.15, 0.2) is 0 Å². The molecule has 6 nitrogen and oxygen atoms in total. The first-order valence-electron chi connectivity index (χ1n) is 5.52. The summed E-state index contributed by atoms with van der Waals surface area (Å²) in [5, 5.41) is 11.6. The Balaban J connectivity index is 2.12. The van der Waals surface area contributed by atoms with Gasteiger partial charge in [0.05, 0.1) is 5.75 Å². The van der Waals surface area contributed by atoms with Gasteiger partial charge in [-0.2, -0.15) is 0 Å². The van der Waals surface area contributed by atoms with E-state index in [1.54, 1.807) is 36.9 Å². The molecule has 1 unspecified atom stereocenters. The fourth-order valence-corrected chi connectivity index (χ4v) is 2.23. The molecular weight excluding hydrogens is 264 g/mol. The van der Waals surface area contributed by atoms with Gasteiger partial charge in [-0.05, 0) is 12.1 Å². The third kappa shape index (κ3) is 4.22. The van der Waals surface area contributed by atoms with Crippen molar-refractivity contribution in [2.75, 3.05) is 11.1 Å². The van der Waals surface area contributed by atoms with Crippen LogP contribution in [0.3, 0.4) is 0 Å². The molecule has 2 N–H and O–H groups in total. The summed E-state index contributed by atoms with van der Waals surface area (Å²) in [4.78, 5) is 22.9. The van der Waals surface area contributed by atoms with Gasteiger partial charge in [-0.1, -0.05) is 6.07 Å². The number of hydrogen-bond donors (Lipinski definition) is 2. The standard InChI is InChI=1S/C12H12N4O2S/c17-10(18)8-19-11(9-3-1-4-13-7-9)16-12-14-5-2-6-15-12/h1-7,11H,8H2,(H,17,18)(H,14,15,16). The molecular formula is C12H12N4O2S. The van der Waals surface area contributed by atoms with Crippen LogP contribution in [-0.2, 0) is 4.79 Å². The number of thioether (sulfide) groups is 1. The van der Waals surface area contributed by atoms with Crippen molar-refractivity contribution in [1.29, 1.82) is 0 Å². The van der Waals surface area contributed by atoms with E-state index >= 15 is 0 Å². The second kappa shape index (κ2) is 6.69. The fraction of sp³-hybridized carbons (Fsp3) is 0.167. The zero-order chi connectivity index (χ0) is 13.5. The molecule has 0 aliphatic rings. The number of anilines is 1. The van der Waals surface area contributed by atoms with Crippen molar-refractivity contribution in [1.82, 2.24) is 15.0 Å². The van der Waals surface area contributed by atoms with Crippen LogP contribution in [0, 0.1) is 0 Å². The first-order chi connectivity index (χ1) is 9.25. The fourth-order valence-electron chi connectivity index (χ4n) is 1.40. The maximum Gasteiger partial charge on any atom is 0.313 e. The second-order valence-corrected chi connectivity index (χ2v) is 4.68. The molecule has 2 aromatic rings. The number of aromatic nitrogens is 3. The minimum atomic E-state index is -0.866. The van der Waals surface area contributed by atoms with Crippen molar-refractivity contribution in [3.05, 3.63) is 48.5 Å². The second-order valence-electron chi connectivity index (χ2n) is 3.59. The number of carbonyl (C=O) groups is 1. The quantitative estimate of drug-likeness (QED) is 0.778. The van der Waals surface area contributed by atoms with E-state index in [0.29, 0.717) is 5.95 Å².